The van der Waals surface area contributed by atoms with Crippen molar-refractivity contribution >= 4 is 23.4 Å². The Kier molecular flexibility index (Phi) is 9.41. The Morgan fingerprint density at radius 1 is 0.857 bits per heavy atom. The molecule has 0 saturated carbocycles. The van der Waals surface area contributed by atoms with Crippen LogP contribution in [-0.2, 0) is 17.0 Å². The van der Waals surface area contributed by atoms with Crippen LogP contribution in [0.15, 0.2) is 120 Å². The Bertz CT molecular complexity index is 1610. The number of nitro groups is 1. The summed E-state index contributed by atoms with van der Waals surface area (Å²) in [6.45, 7) is 2.00. The molecule has 1 heterocycles. The molecule has 0 aliphatic heterocycles. The van der Waals surface area contributed by atoms with E-state index < -0.39 is 11.0 Å². The number of hydrogen-bond acceptors (Lipinski definition) is 6. The van der Waals surface area contributed by atoms with E-state index in [2.05, 4.69) is 15.5 Å². The van der Waals surface area contributed by atoms with Gasteiger partial charge in [0.1, 0.15) is 0 Å². The third kappa shape index (κ3) is 6.92. The van der Waals surface area contributed by atoms with E-state index in [1.807, 2.05) is 102 Å². The number of carbonyl (C=O) groups is 1. The van der Waals surface area contributed by atoms with Gasteiger partial charge in [-0.15, -0.1) is 10.2 Å². The van der Waals surface area contributed by atoms with Crippen LogP contribution < -0.4 is 5.32 Å². The Morgan fingerprint density at radius 2 is 1.45 bits per heavy atom. The molecule has 1 aromatic heterocycles. The van der Waals surface area contributed by atoms with E-state index in [0.717, 1.165) is 16.7 Å². The fraction of sp³-hybridized carbons (Fsp3) is 0.182. The van der Waals surface area contributed by atoms with Crippen LogP contribution in [0.25, 0.3) is 5.69 Å². The summed E-state index contributed by atoms with van der Waals surface area (Å²) in [5.41, 5.74) is 3.79. The van der Waals surface area contributed by atoms with Crippen molar-refractivity contribution in [2.45, 2.75) is 42.6 Å². The zero-order valence-electron chi connectivity index (χ0n) is 23.2. The molecule has 5 rings (SSSR count). The van der Waals surface area contributed by atoms with Gasteiger partial charge in [-0.1, -0.05) is 110 Å². The van der Waals surface area contributed by atoms with Gasteiger partial charge in [0.05, 0.1) is 16.9 Å². The highest BCUT2D eigenvalue weighted by atomic mass is 32.2. The lowest BCUT2D eigenvalue weighted by atomic mass is 9.94. The van der Waals surface area contributed by atoms with E-state index in [1.165, 1.54) is 23.9 Å². The SMILES string of the molecule is CCC(C(=O)NC(Cc1ccccc1)c1nnc(SCc2ccccc2)n1-c1ccc([N+](=O)[O-])cc1)c1ccccc1. The Morgan fingerprint density at radius 3 is 2.05 bits per heavy atom. The van der Waals surface area contributed by atoms with Crippen LogP contribution in [0, 0.1) is 10.1 Å². The first-order valence-electron chi connectivity index (χ1n) is 13.8. The molecule has 0 bridgehead atoms. The number of non-ortho nitro benzene ring substituents is 1. The maximum atomic E-state index is 13.8. The van der Waals surface area contributed by atoms with Gasteiger partial charge in [-0.05, 0) is 41.7 Å². The quantitative estimate of drug-likeness (QED) is 0.0967. The van der Waals surface area contributed by atoms with E-state index in [0.29, 0.717) is 35.3 Å². The number of nitro benzene ring substituents is 1. The highest BCUT2D eigenvalue weighted by molar-refractivity contribution is 7.98. The van der Waals surface area contributed by atoms with Crippen molar-refractivity contribution in [3.63, 3.8) is 0 Å². The van der Waals surface area contributed by atoms with Crippen LogP contribution in [0.4, 0.5) is 5.69 Å². The molecule has 42 heavy (non-hydrogen) atoms. The third-order valence-electron chi connectivity index (χ3n) is 7.03. The number of hydrogen-bond donors (Lipinski definition) is 1. The lowest BCUT2D eigenvalue weighted by Crippen LogP contribution is -2.35. The van der Waals surface area contributed by atoms with Gasteiger partial charge in [-0.25, -0.2) is 0 Å². The molecule has 1 amide bonds. The third-order valence-corrected chi connectivity index (χ3v) is 8.03. The molecule has 1 N–H and O–H groups in total. The second kappa shape index (κ2) is 13.7. The predicted molar refractivity (Wildman–Crippen MR) is 165 cm³/mol. The molecular weight excluding hydrogens is 546 g/mol. The van der Waals surface area contributed by atoms with Crippen molar-refractivity contribution in [1.82, 2.24) is 20.1 Å². The van der Waals surface area contributed by atoms with Crippen molar-refractivity contribution in [2.75, 3.05) is 0 Å². The van der Waals surface area contributed by atoms with Gasteiger partial charge in [-0.3, -0.25) is 19.5 Å². The molecule has 0 saturated heterocycles. The topological polar surface area (TPSA) is 103 Å². The summed E-state index contributed by atoms with van der Waals surface area (Å²) in [7, 11) is 0. The van der Waals surface area contributed by atoms with Crippen molar-refractivity contribution < 1.29 is 9.72 Å². The predicted octanol–water partition coefficient (Wildman–Crippen LogP) is 7.06. The average molecular weight is 578 g/mol. The molecule has 212 valence electrons. The second-order valence-corrected chi connectivity index (χ2v) is 10.8. The van der Waals surface area contributed by atoms with Crippen LogP contribution in [-0.4, -0.2) is 25.6 Å². The summed E-state index contributed by atoms with van der Waals surface area (Å²) >= 11 is 1.52. The monoisotopic (exact) mass is 577 g/mol. The number of carbonyl (C=O) groups excluding carboxylic acids is 1. The molecule has 0 aliphatic carbocycles. The van der Waals surface area contributed by atoms with Crippen LogP contribution in [0.5, 0.6) is 0 Å². The van der Waals surface area contributed by atoms with E-state index >= 15 is 0 Å². The zero-order valence-corrected chi connectivity index (χ0v) is 24.0. The second-order valence-electron chi connectivity index (χ2n) is 9.85. The molecule has 9 heteroatoms. The van der Waals surface area contributed by atoms with Gasteiger partial charge in [0.2, 0.25) is 5.91 Å². The van der Waals surface area contributed by atoms with E-state index in [9.17, 15) is 14.9 Å². The molecule has 0 spiro atoms. The standard InChI is InChI=1S/C33H31N5O3S/c1-2-29(26-16-10-5-11-17-26)32(39)34-30(22-24-12-6-3-7-13-24)31-35-36-33(42-23-25-14-8-4-9-15-25)37(31)27-18-20-28(21-19-27)38(40)41/h3-21,29-30H,2,22-23H2,1H3,(H,34,39). The Hall–Kier alpha value is -4.76. The summed E-state index contributed by atoms with van der Waals surface area (Å²) < 4.78 is 1.90. The van der Waals surface area contributed by atoms with E-state index in [1.54, 1.807) is 12.1 Å². The summed E-state index contributed by atoms with van der Waals surface area (Å²) in [6, 6.07) is 35.6. The summed E-state index contributed by atoms with van der Waals surface area (Å²) in [5, 5.41) is 24.4. The molecule has 0 radical (unpaired) electrons. The Labute approximate surface area is 249 Å². The van der Waals surface area contributed by atoms with Crippen LogP contribution in [0.3, 0.4) is 0 Å². The fourth-order valence-corrected chi connectivity index (χ4v) is 5.79. The first kappa shape index (κ1) is 28.8. The first-order valence-corrected chi connectivity index (χ1v) is 14.8. The number of rotatable bonds is 12. The fourth-order valence-electron chi connectivity index (χ4n) is 4.88. The molecule has 4 aromatic carbocycles. The largest absolute Gasteiger partial charge is 0.345 e. The first-order chi connectivity index (χ1) is 20.5. The molecule has 5 aromatic rings. The lowest BCUT2D eigenvalue weighted by molar-refractivity contribution is -0.384. The molecule has 2 atom stereocenters. The Balaban J connectivity index is 1.55. The van der Waals surface area contributed by atoms with Gasteiger partial charge in [0.15, 0.2) is 11.0 Å². The molecule has 0 aliphatic rings. The van der Waals surface area contributed by atoms with E-state index in [4.69, 9.17) is 0 Å². The van der Waals surface area contributed by atoms with Crippen molar-refractivity contribution in [3.05, 3.63) is 148 Å². The van der Waals surface area contributed by atoms with Gasteiger partial charge < -0.3 is 5.32 Å². The molecule has 0 fully saturated rings. The highest BCUT2D eigenvalue weighted by Gasteiger charge is 2.28. The number of thioether (sulfide) groups is 1. The number of nitrogens with one attached hydrogen (secondary N) is 1. The minimum atomic E-state index is -0.508. The molecule has 8 nitrogen and oxygen atoms in total. The average Bonchev–Trinajstić information content (AvgIpc) is 3.45. The zero-order chi connectivity index (χ0) is 29.3. The highest BCUT2D eigenvalue weighted by Crippen LogP contribution is 2.31. The minimum Gasteiger partial charge on any atom is -0.345 e. The minimum absolute atomic E-state index is 0.00495. The van der Waals surface area contributed by atoms with Crippen molar-refractivity contribution in [3.8, 4) is 5.69 Å². The van der Waals surface area contributed by atoms with Crippen molar-refractivity contribution in [2.24, 2.45) is 0 Å². The summed E-state index contributed by atoms with van der Waals surface area (Å²) in [4.78, 5) is 24.7. The number of aromatic nitrogens is 3. The van der Waals surface area contributed by atoms with Crippen LogP contribution in [0.1, 0.15) is 47.8 Å². The number of amides is 1. The van der Waals surface area contributed by atoms with Gasteiger partial charge >= 0.3 is 0 Å². The normalized spacial score (nSPS) is 12.4. The van der Waals surface area contributed by atoms with Crippen LogP contribution >= 0.6 is 11.8 Å². The van der Waals surface area contributed by atoms with Gasteiger partial charge in [0.25, 0.3) is 5.69 Å². The number of nitrogens with zero attached hydrogens (tertiary/aromatic N) is 4. The van der Waals surface area contributed by atoms with Gasteiger partial charge in [-0.2, -0.15) is 0 Å². The maximum Gasteiger partial charge on any atom is 0.269 e. The summed E-state index contributed by atoms with van der Waals surface area (Å²) in [5.74, 6) is 0.793. The summed E-state index contributed by atoms with van der Waals surface area (Å²) in [6.07, 6.45) is 1.13. The molecule has 2 unspecified atom stereocenters. The maximum absolute atomic E-state index is 13.8. The van der Waals surface area contributed by atoms with Crippen molar-refractivity contribution in [1.29, 1.82) is 0 Å². The smallest absolute Gasteiger partial charge is 0.269 e. The van der Waals surface area contributed by atoms with E-state index in [-0.39, 0.29) is 17.5 Å². The van der Waals surface area contributed by atoms with Gasteiger partial charge in [0, 0.05) is 23.6 Å². The lowest BCUT2D eigenvalue weighted by Gasteiger charge is -2.23. The van der Waals surface area contributed by atoms with Crippen LogP contribution in [0.2, 0.25) is 0 Å². The molecular formula is C33H31N5O3S. The number of benzene rings is 4.